The molecule has 0 bridgehead atoms. The van der Waals surface area contributed by atoms with E-state index in [1.165, 1.54) is 0 Å². The largest absolute Gasteiger partial charge is 0.455 e. The van der Waals surface area contributed by atoms with Gasteiger partial charge in [0.1, 0.15) is 5.60 Å². The Morgan fingerprint density at radius 1 is 1.05 bits per heavy atom. The molecule has 3 fully saturated rings. The third-order valence-corrected chi connectivity index (χ3v) is 4.51. The number of hydrogen-bond acceptors (Lipinski definition) is 4. The molecular weight excluding hydrogens is 244 g/mol. The van der Waals surface area contributed by atoms with Crippen molar-refractivity contribution in [1.82, 2.24) is 0 Å². The lowest BCUT2D eigenvalue weighted by molar-refractivity contribution is -0.318. The number of rotatable bonds is 0. The molecular formula is C15H22O4. The molecule has 106 valence electrons. The predicted octanol–water partition coefficient (Wildman–Crippen LogP) is 2.57. The van der Waals surface area contributed by atoms with E-state index in [-0.39, 0.29) is 17.0 Å². The fourth-order valence-corrected chi connectivity index (χ4v) is 3.16. The Bertz CT molecular complexity index is 386. The van der Waals surface area contributed by atoms with Gasteiger partial charge in [-0.25, -0.2) is 4.79 Å². The standard InChI is InChI=1S/C15H22O4/c1-11-8-14(19-12(11)16)4-6-15(7-5-14)17-9-13(2,3)10-18-15/h1,4-10H2,2-3H3. The first-order chi connectivity index (χ1) is 8.84. The highest BCUT2D eigenvalue weighted by molar-refractivity contribution is 5.90. The second-order valence-electron chi connectivity index (χ2n) is 7.01. The Kier molecular flexibility index (Phi) is 2.81. The molecule has 4 nitrogen and oxygen atoms in total. The average molecular weight is 266 g/mol. The smallest absolute Gasteiger partial charge is 0.334 e. The van der Waals surface area contributed by atoms with Gasteiger partial charge in [-0.1, -0.05) is 20.4 Å². The van der Waals surface area contributed by atoms with Crippen molar-refractivity contribution in [1.29, 1.82) is 0 Å². The van der Waals surface area contributed by atoms with Crippen molar-refractivity contribution in [3.05, 3.63) is 12.2 Å². The topological polar surface area (TPSA) is 44.8 Å². The first-order valence-corrected chi connectivity index (χ1v) is 7.03. The Morgan fingerprint density at radius 2 is 1.63 bits per heavy atom. The van der Waals surface area contributed by atoms with Crippen LogP contribution in [0, 0.1) is 5.41 Å². The van der Waals surface area contributed by atoms with Gasteiger partial charge in [-0.2, -0.15) is 0 Å². The minimum absolute atomic E-state index is 0.0918. The Balaban J connectivity index is 1.64. The quantitative estimate of drug-likeness (QED) is 0.499. The summed E-state index contributed by atoms with van der Waals surface area (Å²) in [6.45, 7) is 9.52. The van der Waals surface area contributed by atoms with E-state index in [4.69, 9.17) is 14.2 Å². The highest BCUT2D eigenvalue weighted by Gasteiger charge is 2.52. The fourth-order valence-electron chi connectivity index (χ4n) is 3.16. The van der Waals surface area contributed by atoms with Crippen molar-refractivity contribution >= 4 is 5.97 Å². The molecule has 1 saturated carbocycles. The number of ether oxygens (including phenoxy) is 3. The van der Waals surface area contributed by atoms with Crippen LogP contribution in [-0.2, 0) is 19.0 Å². The molecule has 0 unspecified atom stereocenters. The Hall–Kier alpha value is -0.870. The summed E-state index contributed by atoms with van der Waals surface area (Å²) < 4.78 is 17.5. The maximum absolute atomic E-state index is 11.5. The summed E-state index contributed by atoms with van der Waals surface area (Å²) in [5.41, 5.74) is 0.357. The molecule has 2 heterocycles. The van der Waals surface area contributed by atoms with E-state index in [9.17, 15) is 4.79 Å². The number of carbonyl (C=O) groups excluding carboxylic acids is 1. The molecule has 2 aliphatic heterocycles. The third-order valence-electron chi connectivity index (χ3n) is 4.51. The molecule has 3 rings (SSSR count). The zero-order valence-corrected chi connectivity index (χ0v) is 11.8. The highest BCUT2D eigenvalue weighted by atomic mass is 16.7. The second-order valence-corrected chi connectivity index (χ2v) is 7.01. The lowest BCUT2D eigenvalue weighted by Crippen LogP contribution is -2.52. The van der Waals surface area contributed by atoms with Gasteiger partial charge in [-0.15, -0.1) is 0 Å². The van der Waals surface area contributed by atoms with Gasteiger partial charge in [0.25, 0.3) is 0 Å². The predicted molar refractivity (Wildman–Crippen MR) is 69.5 cm³/mol. The zero-order valence-electron chi connectivity index (χ0n) is 11.8. The lowest BCUT2D eigenvalue weighted by atomic mass is 9.78. The lowest BCUT2D eigenvalue weighted by Gasteiger charge is -2.48. The normalized spacial score (nSPS) is 31.7. The van der Waals surface area contributed by atoms with Gasteiger partial charge >= 0.3 is 5.97 Å². The summed E-state index contributed by atoms with van der Waals surface area (Å²) in [6, 6.07) is 0. The van der Waals surface area contributed by atoms with Crippen molar-refractivity contribution in [3.8, 4) is 0 Å². The van der Waals surface area contributed by atoms with Crippen LogP contribution in [0.25, 0.3) is 0 Å². The minimum atomic E-state index is -0.447. The molecule has 2 spiro atoms. The van der Waals surface area contributed by atoms with E-state index in [1.54, 1.807) is 0 Å². The molecule has 0 aromatic carbocycles. The molecule has 19 heavy (non-hydrogen) atoms. The fraction of sp³-hybridized carbons (Fsp3) is 0.800. The molecule has 1 aliphatic carbocycles. The molecule has 0 amide bonds. The zero-order chi connectivity index (χ0) is 13.7. The third kappa shape index (κ3) is 2.32. The molecule has 3 aliphatic rings. The van der Waals surface area contributed by atoms with Crippen LogP contribution in [0.1, 0.15) is 46.0 Å². The van der Waals surface area contributed by atoms with Crippen molar-refractivity contribution in [2.45, 2.75) is 57.3 Å². The molecule has 4 heteroatoms. The first-order valence-electron chi connectivity index (χ1n) is 7.03. The molecule has 0 aromatic heterocycles. The summed E-state index contributed by atoms with van der Waals surface area (Å²) >= 11 is 0. The van der Waals surface area contributed by atoms with Crippen LogP contribution < -0.4 is 0 Å². The van der Waals surface area contributed by atoms with Crippen LogP contribution >= 0.6 is 0 Å². The number of hydrogen-bond donors (Lipinski definition) is 0. The van der Waals surface area contributed by atoms with Gasteiger partial charge in [0.2, 0.25) is 0 Å². The van der Waals surface area contributed by atoms with E-state index in [1.807, 2.05) is 0 Å². The molecule has 2 saturated heterocycles. The van der Waals surface area contributed by atoms with Crippen LogP contribution in [0.15, 0.2) is 12.2 Å². The van der Waals surface area contributed by atoms with E-state index < -0.39 is 5.79 Å². The minimum Gasteiger partial charge on any atom is -0.455 e. The maximum atomic E-state index is 11.5. The monoisotopic (exact) mass is 266 g/mol. The Labute approximate surface area is 114 Å². The van der Waals surface area contributed by atoms with Crippen molar-refractivity contribution < 1.29 is 19.0 Å². The maximum Gasteiger partial charge on any atom is 0.334 e. The molecule has 0 radical (unpaired) electrons. The highest BCUT2D eigenvalue weighted by Crippen LogP contribution is 2.48. The van der Waals surface area contributed by atoms with Crippen LogP contribution in [0.4, 0.5) is 0 Å². The van der Waals surface area contributed by atoms with Gasteiger partial charge < -0.3 is 14.2 Å². The number of esters is 1. The summed E-state index contributed by atoms with van der Waals surface area (Å²) in [6.07, 6.45) is 3.86. The summed E-state index contributed by atoms with van der Waals surface area (Å²) in [5.74, 6) is -0.681. The summed E-state index contributed by atoms with van der Waals surface area (Å²) in [5, 5.41) is 0. The van der Waals surface area contributed by atoms with Crippen LogP contribution in [0.2, 0.25) is 0 Å². The van der Waals surface area contributed by atoms with Gasteiger partial charge in [-0.05, 0) is 12.8 Å². The van der Waals surface area contributed by atoms with Crippen molar-refractivity contribution in [2.24, 2.45) is 5.41 Å². The Morgan fingerprint density at radius 3 is 2.11 bits per heavy atom. The van der Waals surface area contributed by atoms with E-state index in [0.717, 1.165) is 38.9 Å². The molecule has 0 atom stereocenters. The summed E-state index contributed by atoms with van der Waals surface area (Å²) in [7, 11) is 0. The van der Waals surface area contributed by atoms with Crippen LogP contribution in [0.5, 0.6) is 0 Å². The molecule has 0 aromatic rings. The number of carbonyl (C=O) groups is 1. The van der Waals surface area contributed by atoms with Gasteiger partial charge in [0, 0.05) is 30.3 Å². The van der Waals surface area contributed by atoms with E-state index in [0.29, 0.717) is 12.0 Å². The van der Waals surface area contributed by atoms with E-state index >= 15 is 0 Å². The molecule has 0 N–H and O–H groups in total. The SMILES string of the molecule is C=C1CC2(CCC3(CC2)OCC(C)(C)CO3)OC1=O. The van der Waals surface area contributed by atoms with Gasteiger partial charge in [0.05, 0.1) is 13.2 Å². The van der Waals surface area contributed by atoms with Crippen molar-refractivity contribution in [2.75, 3.05) is 13.2 Å². The average Bonchev–Trinajstić information content (AvgIpc) is 2.63. The summed E-state index contributed by atoms with van der Waals surface area (Å²) in [4.78, 5) is 11.5. The van der Waals surface area contributed by atoms with Gasteiger partial charge in [0.15, 0.2) is 5.79 Å². The van der Waals surface area contributed by atoms with Gasteiger partial charge in [-0.3, -0.25) is 0 Å². The van der Waals surface area contributed by atoms with Crippen molar-refractivity contribution in [3.63, 3.8) is 0 Å². The van der Waals surface area contributed by atoms with Crippen LogP contribution in [-0.4, -0.2) is 30.6 Å². The van der Waals surface area contributed by atoms with E-state index in [2.05, 4.69) is 20.4 Å². The first kappa shape index (κ1) is 13.1. The van der Waals surface area contributed by atoms with Crippen LogP contribution in [0.3, 0.4) is 0 Å². The second kappa shape index (κ2) is 4.06.